The van der Waals surface area contributed by atoms with Crippen LogP contribution in [0.5, 0.6) is 0 Å². The van der Waals surface area contributed by atoms with Gasteiger partial charge in [0, 0.05) is 10.5 Å². The smallest absolute Gasteiger partial charge is 0.0250 e. The van der Waals surface area contributed by atoms with Crippen LogP contribution in [0, 0.1) is 0 Å². The van der Waals surface area contributed by atoms with Crippen molar-refractivity contribution in [3.05, 3.63) is 0 Å². The van der Waals surface area contributed by atoms with E-state index in [2.05, 4.69) is 25.6 Å². The van der Waals surface area contributed by atoms with Crippen LogP contribution in [0.3, 0.4) is 0 Å². The summed E-state index contributed by atoms with van der Waals surface area (Å²) < 4.78 is 0.767. The van der Waals surface area contributed by atoms with Gasteiger partial charge in [-0.2, -0.15) is 11.8 Å². The molecular formula is C8H16S. The molecule has 1 heteroatoms. The first-order chi connectivity index (χ1) is 4.33. The third-order valence-electron chi connectivity index (χ3n) is 1.96. The minimum Gasteiger partial charge on any atom is -0.153 e. The third kappa shape index (κ3) is 1.89. The van der Waals surface area contributed by atoms with Crippen molar-refractivity contribution < 1.29 is 0 Å². The van der Waals surface area contributed by atoms with Gasteiger partial charge in [0.1, 0.15) is 0 Å². The lowest BCUT2D eigenvalue weighted by Gasteiger charge is -2.08. The van der Waals surface area contributed by atoms with Crippen molar-refractivity contribution in [2.45, 2.75) is 44.3 Å². The summed E-state index contributed by atoms with van der Waals surface area (Å²) in [7, 11) is 0. The van der Waals surface area contributed by atoms with Crippen molar-refractivity contribution in [3.8, 4) is 0 Å². The van der Waals surface area contributed by atoms with Gasteiger partial charge in [-0.1, -0.05) is 26.7 Å². The van der Waals surface area contributed by atoms with E-state index < -0.39 is 0 Å². The number of hydrogen-bond donors (Lipinski definition) is 0. The maximum atomic E-state index is 2.29. The molecule has 0 amide bonds. The summed E-state index contributed by atoms with van der Waals surface area (Å²) in [5, 5.41) is 0. The summed E-state index contributed by atoms with van der Waals surface area (Å²) in [5.41, 5.74) is 0. The largest absolute Gasteiger partial charge is 0.153 e. The van der Waals surface area contributed by atoms with Crippen LogP contribution in [-0.2, 0) is 0 Å². The fourth-order valence-corrected chi connectivity index (χ4v) is 2.62. The second kappa shape index (κ2) is 2.96. The Kier molecular flexibility index (Phi) is 2.45. The summed E-state index contributed by atoms with van der Waals surface area (Å²) in [5.74, 6) is 1.44. The molecule has 1 rings (SSSR count). The third-order valence-corrected chi connectivity index (χ3v) is 3.48. The highest BCUT2D eigenvalue weighted by atomic mass is 32.2. The fraction of sp³-hybridized carbons (Fsp3) is 1.00. The molecule has 1 heterocycles. The van der Waals surface area contributed by atoms with E-state index in [1.165, 1.54) is 31.4 Å². The van der Waals surface area contributed by atoms with Crippen LogP contribution in [0.2, 0.25) is 0 Å². The molecule has 0 aromatic heterocycles. The van der Waals surface area contributed by atoms with Gasteiger partial charge in [0.15, 0.2) is 0 Å². The van der Waals surface area contributed by atoms with E-state index >= 15 is 0 Å². The Labute approximate surface area is 62.4 Å². The first kappa shape index (κ1) is 7.46. The first-order valence-electron chi connectivity index (χ1n) is 3.97. The fourth-order valence-electron chi connectivity index (χ4n) is 1.43. The van der Waals surface area contributed by atoms with Crippen molar-refractivity contribution in [1.82, 2.24) is 0 Å². The summed E-state index contributed by atoms with van der Waals surface area (Å²) in [6.45, 7) is 4.58. The second-order valence-electron chi connectivity index (χ2n) is 2.97. The molecule has 0 nitrogen and oxygen atoms in total. The number of hydrogen-bond acceptors (Lipinski definition) is 1. The molecule has 0 saturated carbocycles. The molecule has 0 unspecified atom stereocenters. The van der Waals surface area contributed by atoms with Crippen LogP contribution in [0.25, 0.3) is 0 Å². The molecule has 0 aromatic rings. The average molecular weight is 144 g/mol. The molecule has 1 aliphatic rings. The monoisotopic (exact) mass is 144 g/mol. The van der Waals surface area contributed by atoms with Crippen molar-refractivity contribution in [2.75, 3.05) is 5.75 Å². The summed E-state index contributed by atoms with van der Waals surface area (Å²) in [6, 6.07) is 0. The van der Waals surface area contributed by atoms with E-state index in [-0.39, 0.29) is 0 Å². The Morgan fingerprint density at radius 3 is 1.89 bits per heavy atom. The van der Waals surface area contributed by atoms with Crippen molar-refractivity contribution >= 4 is 11.8 Å². The SMILES string of the molecule is CCCC1(CCC)CS1. The standard InChI is InChI=1S/C8H16S/c1-3-5-8(6-4-2)7-9-8/h3-7H2,1-2H3. The van der Waals surface area contributed by atoms with E-state index in [1.54, 1.807) is 0 Å². The van der Waals surface area contributed by atoms with Crippen LogP contribution in [0.15, 0.2) is 0 Å². The molecule has 0 aliphatic carbocycles. The highest BCUT2D eigenvalue weighted by Crippen LogP contribution is 2.51. The van der Waals surface area contributed by atoms with Crippen LogP contribution in [-0.4, -0.2) is 10.5 Å². The van der Waals surface area contributed by atoms with E-state index in [0.29, 0.717) is 0 Å². The average Bonchev–Trinajstić information content (AvgIpc) is 2.51. The van der Waals surface area contributed by atoms with E-state index in [9.17, 15) is 0 Å². The van der Waals surface area contributed by atoms with Gasteiger partial charge in [0.05, 0.1) is 0 Å². The van der Waals surface area contributed by atoms with E-state index in [0.717, 1.165) is 4.75 Å². The van der Waals surface area contributed by atoms with Crippen LogP contribution >= 0.6 is 11.8 Å². The topological polar surface area (TPSA) is 0 Å². The zero-order chi connectivity index (χ0) is 6.74. The molecule has 1 fully saturated rings. The lowest BCUT2D eigenvalue weighted by atomic mass is 10.0. The lowest BCUT2D eigenvalue weighted by molar-refractivity contribution is 0.579. The lowest BCUT2D eigenvalue weighted by Crippen LogP contribution is -2.06. The zero-order valence-corrected chi connectivity index (χ0v) is 7.26. The maximum Gasteiger partial charge on any atom is 0.0250 e. The molecule has 1 aliphatic heterocycles. The molecular weight excluding hydrogens is 128 g/mol. The summed E-state index contributed by atoms with van der Waals surface area (Å²) in [4.78, 5) is 0. The molecule has 0 aromatic carbocycles. The molecule has 1 saturated heterocycles. The number of rotatable bonds is 4. The van der Waals surface area contributed by atoms with Gasteiger partial charge >= 0.3 is 0 Å². The minimum atomic E-state index is 0.767. The van der Waals surface area contributed by atoms with Gasteiger partial charge in [-0.3, -0.25) is 0 Å². The summed E-state index contributed by atoms with van der Waals surface area (Å²) >= 11 is 2.16. The Bertz CT molecular complexity index is 76.6. The Balaban J connectivity index is 2.17. The molecule has 0 radical (unpaired) electrons. The predicted octanol–water partition coefficient (Wildman–Crippen LogP) is 3.07. The highest BCUT2D eigenvalue weighted by Gasteiger charge is 2.41. The molecule has 0 atom stereocenters. The van der Waals surface area contributed by atoms with Gasteiger partial charge < -0.3 is 0 Å². The van der Waals surface area contributed by atoms with Gasteiger partial charge in [0.2, 0.25) is 0 Å². The normalized spacial score (nSPS) is 22.0. The van der Waals surface area contributed by atoms with Crippen LogP contribution < -0.4 is 0 Å². The molecule has 0 bridgehead atoms. The molecule has 0 spiro atoms. The number of thioether (sulfide) groups is 1. The van der Waals surface area contributed by atoms with Gasteiger partial charge in [-0.15, -0.1) is 0 Å². The predicted molar refractivity (Wildman–Crippen MR) is 45.0 cm³/mol. The molecule has 54 valence electrons. The molecule has 0 N–H and O–H groups in total. The molecule has 9 heavy (non-hydrogen) atoms. The quantitative estimate of drug-likeness (QED) is 0.546. The first-order valence-corrected chi connectivity index (χ1v) is 4.95. The van der Waals surface area contributed by atoms with Crippen molar-refractivity contribution in [3.63, 3.8) is 0 Å². The minimum absolute atomic E-state index is 0.767. The van der Waals surface area contributed by atoms with Crippen LogP contribution in [0.1, 0.15) is 39.5 Å². The van der Waals surface area contributed by atoms with Gasteiger partial charge in [-0.25, -0.2) is 0 Å². The Hall–Kier alpha value is 0.350. The van der Waals surface area contributed by atoms with E-state index in [1.807, 2.05) is 0 Å². The van der Waals surface area contributed by atoms with Crippen molar-refractivity contribution in [2.24, 2.45) is 0 Å². The summed E-state index contributed by atoms with van der Waals surface area (Å²) in [6.07, 6.45) is 5.64. The highest BCUT2D eigenvalue weighted by molar-refractivity contribution is 8.07. The zero-order valence-electron chi connectivity index (χ0n) is 6.44. The Morgan fingerprint density at radius 2 is 1.67 bits per heavy atom. The van der Waals surface area contributed by atoms with Crippen molar-refractivity contribution in [1.29, 1.82) is 0 Å². The van der Waals surface area contributed by atoms with Gasteiger partial charge in [-0.05, 0) is 12.8 Å². The van der Waals surface area contributed by atoms with Gasteiger partial charge in [0.25, 0.3) is 0 Å². The second-order valence-corrected chi connectivity index (χ2v) is 4.42. The van der Waals surface area contributed by atoms with Crippen LogP contribution in [0.4, 0.5) is 0 Å². The Morgan fingerprint density at radius 1 is 1.22 bits per heavy atom. The maximum absolute atomic E-state index is 2.29. The van der Waals surface area contributed by atoms with E-state index in [4.69, 9.17) is 0 Å².